The highest BCUT2D eigenvalue weighted by molar-refractivity contribution is 9.10. The molecule has 5 heteroatoms. The van der Waals surface area contributed by atoms with Crippen molar-refractivity contribution in [3.05, 3.63) is 63.9 Å². The summed E-state index contributed by atoms with van der Waals surface area (Å²) < 4.78 is 20.8. The van der Waals surface area contributed by atoms with Crippen LogP contribution in [0.4, 0.5) is 4.39 Å². The topological polar surface area (TPSA) is 24.5 Å². The fourth-order valence-corrected chi connectivity index (χ4v) is 3.79. The lowest BCUT2D eigenvalue weighted by Crippen LogP contribution is -2.33. The first-order valence-corrected chi connectivity index (χ1v) is 9.61. The van der Waals surface area contributed by atoms with Gasteiger partial charge in [-0.1, -0.05) is 28.1 Å². The zero-order valence-corrected chi connectivity index (χ0v) is 16.1. The molecule has 25 heavy (non-hydrogen) atoms. The van der Waals surface area contributed by atoms with Crippen molar-refractivity contribution in [1.82, 2.24) is 10.2 Å². The Hall–Kier alpha value is -1.43. The number of ether oxygens (including phenoxy) is 1. The first kappa shape index (κ1) is 18.4. The van der Waals surface area contributed by atoms with Gasteiger partial charge in [0.25, 0.3) is 0 Å². The largest absolute Gasteiger partial charge is 0.494 e. The van der Waals surface area contributed by atoms with Gasteiger partial charge in [-0.2, -0.15) is 0 Å². The molecule has 0 saturated carbocycles. The van der Waals surface area contributed by atoms with Crippen LogP contribution in [0.1, 0.15) is 30.5 Å². The number of benzene rings is 2. The molecule has 134 valence electrons. The maximum absolute atomic E-state index is 13.9. The molecular formula is C20H24BrFN2O. The van der Waals surface area contributed by atoms with Crippen LogP contribution in [0.15, 0.2) is 46.9 Å². The minimum atomic E-state index is -0.205. The van der Waals surface area contributed by atoms with Crippen molar-refractivity contribution in [2.24, 2.45) is 0 Å². The van der Waals surface area contributed by atoms with E-state index in [1.165, 1.54) is 6.07 Å². The van der Waals surface area contributed by atoms with Crippen LogP contribution in [0.25, 0.3) is 0 Å². The molecule has 1 aliphatic rings. The van der Waals surface area contributed by atoms with Crippen LogP contribution in [0.3, 0.4) is 0 Å². The summed E-state index contributed by atoms with van der Waals surface area (Å²) in [6, 6.07) is 13.0. The fraction of sp³-hybridized carbons (Fsp3) is 0.400. The Kier molecular flexibility index (Phi) is 6.45. The Morgan fingerprint density at radius 3 is 2.88 bits per heavy atom. The Morgan fingerprint density at radius 2 is 2.08 bits per heavy atom. The molecule has 2 aromatic rings. The Bertz CT molecular complexity index is 702. The minimum absolute atomic E-state index is 0.0327. The Labute approximate surface area is 157 Å². The summed E-state index contributed by atoms with van der Waals surface area (Å²) in [7, 11) is 0. The molecule has 3 rings (SSSR count). The van der Waals surface area contributed by atoms with Crippen molar-refractivity contribution in [3.63, 3.8) is 0 Å². The van der Waals surface area contributed by atoms with Crippen LogP contribution < -0.4 is 10.1 Å². The van der Waals surface area contributed by atoms with E-state index in [0.29, 0.717) is 6.61 Å². The lowest BCUT2D eigenvalue weighted by atomic mass is 9.95. The van der Waals surface area contributed by atoms with Crippen molar-refractivity contribution in [2.45, 2.75) is 19.4 Å². The van der Waals surface area contributed by atoms with E-state index in [1.807, 2.05) is 25.1 Å². The second-order valence-corrected chi connectivity index (χ2v) is 7.13. The van der Waals surface area contributed by atoms with Gasteiger partial charge in [-0.05, 0) is 55.8 Å². The van der Waals surface area contributed by atoms with Gasteiger partial charge in [0.1, 0.15) is 11.6 Å². The van der Waals surface area contributed by atoms with Gasteiger partial charge < -0.3 is 10.1 Å². The molecule has 0 spiro atoms. The molecule has 1 heterocycles. The van der Waals surface area contributed by atoms with Crippen molar-refractivity contribution in [3.8, 4) is 5.75 Å². The second kappa shape index (κ2) is 8.79. The predicted molar refractivity (Wildman–Crippen MR) is 103 cm³/mol. The molecule has 3 nitrogen and oxygen atoms in total. The van der Waals surface area contributed by atoms with Crippen LogP contribution in [0, 0.1) is 5.82 Å². The molecule has 1 unspecified atom stereocenters. The van der Waals surface area contributed by atoms with Gasteiger partial charge >= 0.3 is 0 Å². The average Bonchev–Trinajstić information content (AvgIpc) is 2.87. The maximum Gasteiger partial charge on any atom is 0.124 e. The van der Waals surface area contributed by atoms with Crippen molar-refractivity contribution < 1.29 is 9.13 Å². The van der Waals surface area contributed by atoms with Crippen LogP contribution >= 0.6 is 15.9 Å². The zero-order valence-electron chi connectivity index (χ0n) is 14.5. The molecule has 0 amide bonds. The third kappa shape index (κ3) is 4.60. The highest BCUT2D eigenvalue weighted by Crippen LogP contribution is 2.37. The van der Waals surface area contributed by atoms with Crippen LogP contribution in [-0.2, 0) is 0 Å². The summed E-state index contributed by atoms with van der Waals surface area (Å²) in [5, 5.41) is 3.44. The lowest BCUT2D eigenvalue weighted by Gasteiger charge is -2.32. The number of rotatable bonds is 5. The lowest BCUT2D eigenvalue weighted by molar-refractivity contribution is 0.233. The van der Waals surface area contributed by atoms with E-state index in [9.17, 15) is 4.39 Å². The molecule has 1 N–H and O–H groups in total. The first-order chi connectivity index (χ1) is 12.2. The molecular weight excluding hydrogens is 383 g/mol. The van der Waals surface area contributed by atoms with E-state index in [1.54, 1.807) is 12.1 Å². The summed E-state index contributed by atoms with van der Waals surface area (Å²) >= 11 is 3.58. The van der Waals surface area contributed by atoms with Crippen LogP contribution in [-0.4, -0.2) is 37.7 Å². The highest BCUT2D eigenvalue weighted by atomic mass is 79.9. The van der Waals surface area contributed by atoms with Crippen LogP contribution in [0.5, 0.6) is 5.75 Å². The second-order valence-electron chi connectivity index (χ2n) is 6.21. The summed E-state index contributed by atoms with van der Waals surface area (Å²) in [6.07, 6.45) is 1.07. The first-order valence-electron chi connectivity index (χ1n) is 8.81. The Balaban J connectivity index is 2.08. The van der Waals surface area contributed by atoms with Gasteiger partial charge in [0.2, 0.25) is 0 Å². The number of halogens is 2. The molecule has 1 saturated heterocycles. The monoisotopic (exact) mass is 406 g/mol. The van der Waals surface area contributed by atoms with Gasteiger partial charge in [0, 0.05) is 29.7 Å². The van der Waals surface area contributed by atoms with E-state index >= 15 is 0 Å². The number of nitrogens with one attached hydrogen (secondary N) is 1. The van der Waals surface area contributed by atoms with E-state index in [0.717, 1.165) is 53.9 Å². The van der Waals surface area contributed by atoms with Crippen molar-refractivity contribution in [1.29, 1.82) is 0 Å². The predicted octanol–water partition coefficient (Wildman–Crippen LogP) is 4.37. The standard InChI is InChI=1S/C20H24BrFN2O/c1-2-25-19-8-7-16(21)14-18(19)20(15-5-3-6-17(22)13-15)24-11-4-9-23-10-12-24/h3,5-8,13-14,20,23H,2,4,9-12H2,1H3. The van der Waals surface area contributed by atoms with Gasteiger partial charge in [-0.3, -0.25) is 4.90 Å². The van der Waals surface area contributed by atoms with E-state index < -0.39 is 0 Å². The number of nitrogens with zero attached hydrogens (tertiary/aromatic N) is 1. The Morgan fingerprint density at radius 1 is 1.20 bits per heavy atom. The van der Waals surface area contributed by atoms with E-state index in [2.05, 4.69) is 32.2 Å². The molecule has 1 atom stereocenters. The summed E-state index contributed by atoms with van der Waals surface area (Å²) in [4.78, 5) is 2.42. The molecule has 1 aliphatic heterocycles. The normalized spacial score (nSPS) is 17.1. The fourth-order valence-electron chi connectivity index (χ4n) is 3.41. The smallest absolute Gasteiger partial charge is 0.124 e. The summed E-state index contributed by atoms with van der Waals surface area (Å²) in [5.41, 5.74) is 2.03. The van der Waals surface area contributed by atoms with Crippen molar-refractivity contribution in [2.75, 3.05) is 32.8 Å². The maximum atomic E-state index is 13.9. The summed E-state index contributed by atoms with van der Waals surface area (Å²) in [5.74, 6) is 0.653. The van der Waals surface area contributed by atoms with Gasteiger partial charge in [0.05, 0.1) is 12.6 Å². The van der Waals surface area contributed by atoms with Gasteiger partial charge in [-0.15, -0.1) is 0 Å². The number of hydrogen-bond donors (Lipinski definition) is 1. The summed E-state index contributed by atoms with van der Waals surface area (Å²) in [6.45, 7) is 6.42. The minimum Gasteiger partial charge on any atom is -0.494 e. The third-order valence-corrected chi connectivity index (χ3v) is 4.96. The molecule has 0 bridgehead atoms. The van der Waals surface area contributed by atoms with E-state index in [4.69, 9.17) is 4.74 Å². The quantitative estimate of drug-likeness (QED) is 0.797. The zero-order chi connectivity index (χ0) is 17.6. The van der Waals surface area contributed by atoms with Crippen LogP contribution in [0.2, 0.25) is 0 Å². The average molecular weight is 407 g/mol. The molecule has 0 aliphatic carbocycles. The van der Waals surface area contributed by atoms with Gasteiger partial charge in [-0.25, -0.2) is 4.39 Å². The molecule has 1 fully saturated rings. The highest BCUT2D eigenvalue weighted by Gasteiger charge is 2.26. The van der Waals surface area contributed by atoms with Crippen molar-refractivity contribution >= 4 is 15.9 Å². The molecule has 0 radical (unpaired) electrons. The van der Waals surface area contributed by atoms with Gasteiger partial charge in [0.15, 0.2) is 0 Å². The molecule has 2 aromatic carbocycles. The third-order valence-electron chi connectivity index (χ3n) is 4.47. The SMILES string of the molecule is CCOc1ccc(Br)cc1C(c1cccc(F)c1)N1CCCNCC1. The molecule has 0 aromatic heterocycles. The number of hydrogen-bond acceptors (Lipinski definition) is 3. The van der Waals surface area contributed by atoms with E-state index in [-0.39, 0.29) is 11.9 Å².